The van der Waals surface area contributed by atoms with Gasteiger partial charge in [-0.15, -0.1) is 0 Å². The molecule has 0 fully saturated rings. The fourth-order valence-electron chi connectivity index (χ4n) is 2.43. The van der Waals surface area contributed by atoms with E-state index in [1.165, 1.54) is 6.26 Å². The van der Waals surface area contributed by atoms with Gasteiger partial charge in [-0.2, -0.15) is 0 Å². The highest BCUT2D eigenvalue weighted by Gasteiger charge is 2.24. The molecule has 2 aromatic carbocycles. The summed E-state index contributed by atoms with van der Waals surface area (Å²) in [5, 5.41) is 0. The number of rotatable bonds is 5. The van der Waals surface area contributed by atoms with Gasteiger partial charge in [0.2, 0.25) is 11.5 Å². The van der Waals surface area contributed by atoms with Crippen molar-refractivity contribution >= 4 is 11.4 Å². The summed E-state index contributed by atoms with van der Waals surface area (Å²) in [6, 6.07) is 18.8. The zero-order valence-electron chi connectivity index (χ0n) is 13.4. The average molecular weight is 322 g/mol. The molecule has 0 saturated carbocycles. The zero-order valence-corrected chi connectivity index (χ0v) is 13.4. The molecule has 1 heterocycles. The maximum atomic E-state index is 12.9. The standard InChI is InChI=1S/C20H18O4/c1-15(24-17-10-6-3-7-11-17)19(16-8-4-2-5-9-16)20(21)18-14-22-12-13-23-18/h2-11,14H,12-13H2,1H3/b19-15+. The van der Waals surface area contributed by atoms with Crippen molar-refractivity contribution in [3.8, 4) is 5.75 Å². The van der Waals surface area contributed by atoms with Crippen molar-refractivity contribution in [2.24, 2.45) is 0 Å². The van der Waals surface area contributed by atoms with E-state index in [0.29, 0.717) is 30.3 Å². The third-order valence-corrected chi connectivity index (χ3v) is 3.53. The topological polar surface area (TPSA) is 44.8 Å². The molecule has 1 aliphatic heterocycles. The van der Waals surface area contributed by atoms with Crippen LogP contribution in [0.2, 0.25) is 0 Å². The second-order valence-corrected chi connectivity index (χ2v) is 5.24. The molecule has 0 unspecified atom stereocenters. The van der Waals surface area contributed by atoms with Crippen LogP contribution in [0.25, 0.3) is 5.57 Å². The maximum Gasteiger partial charge on any atom is 0.234 e. The van der Waals surface area contributed by atoms with Crippen molar-refractivity contribution in [2.45, 2.75) is 6.92 Å². The number of Topliss-reactive ketones (excluding diaryl/α,β-unsaturated/α-hetero) is 1. The second kappa shape index (κ2) is 7.51. The number of hydrogen-bond donors (Lipinski definition) is 0. The molecule has 0 amide bonds. The van der Waals surface area contributed by atoms with Gasteiger partial charge in [0.1, 0.15) is 31.0 Å². The maximum absolute atomic E-state index is 12.9. The molecule has 0 saturated heterocycles. The number of allylic oxidation sites excluding steroid dienone is 2. The number of ketones is 1. The van der Waals surface area contributed by atoms with E-state index in [2.05, 4.69) is 0 Å². The van der Waals surface area contributed by atoms with Gasteiger partial charge in [0.25, 0.3) is 0 Å². The molecular formula is C20H18O4. The van der Waals surface area contributed by atoms with Crippen molar-refractivity contribution in [1.29, 1.82) is 0 Å². The molecule has 24 heavy (non-hydrogen) atoms. The Kier molecular flexibility index (Phi) is 4.96. The van der Waals surface area contributed by atoms with Crippen molar-refractivity contribution in [3.05, 3.63) is 84.0 Å². The van der Waals surface area contributed by atoms with Crippen LogP contribution in [0.5, 0.6) is 5.75 Å². The SMILES string of the molecule is C/C(Oc1ccccc1)=C(\C(=O)C1=COCCO1)c1ccccc1. The fraction of sp³-hybridized carbons (Fsp3) is 0.150. The number of para-hydroxylation sites is 1. The molecule has 0 spiro atoms. The lowest BCUT2D eigenvalue weighted by molar-refractivity contribution is -0.115. The first kappa shape index (κ1) is 15.9. The van der Waals surface area contributed by atoms with Crippen LogP contribution >= 0.6 is 0 Å². The first-order valence-electron chi connectivity index (χ1n) is 7.74. The summed E-state index contributed by atoms with van der Waals surface area (Å²) < 4.78 is 16.5. The van der Waals surface area contributed by atoms with E-state index in [4.69, 9.17) is 14.2 Å². The number of hydrogen-bond acceptors (Lipinski definition) is 4. The van der Waals surface area contributed by atoms with Crippen molar-refractivity contribution in [1.82, 2.24) is 0 Å². The first-order valence-corrected chi connectivity index (χ1v) is 7.74. The summed E-state index contributed by atoms with van der Waals surface area (Å²) >= 11 is 0. The molecule has 0 N–H and O–H groups in total. The van der Waals surface area contributed by atoms with E-state index in [9.17, 15) is 4.79 Å². The Hall–Kier alpha value is -3.01. The van der Waals surface area contributed by atoms with E-state index in [-0.39, 0.29) is 11.5 Å². The Balaban J connectivity index is 2.00. The highest BCUT2D eigenvalue weighted by molar-refractivity contribution is 6.28. The minimum atomic E-state index is -0.255. The van der Waals surface area contributed by atoms with Crippen LogP contribution in [0.1, 0.15) is 12.5 Å². The largest absolute Gasteiger partial charge is 0.494 e. The monoisotopic (exact) mass is 322 g/mol. The lowest BCUT2D eigenvalue weighted by atomic mass is 9.99. The first-order chi connectivity index (χ1) is 11.8. The van der Waals surface area contributed by atoms with E-state index in [0.717, 1.165) is 5.56 Å². The quantitative estimate of drug-likeness (QED) is 0.617. The van der Waals surface area contributed by atoms with Gasteiger partial charge in [-0.25, -0.2) is 0 Å². The lowest BCUT2D eigenvalue weighted by Gasteiger charge is -2.18. The molecule has 0 aromatic heterocycles. The van der Waals surface area contributed by atoms with E-state index >= 15 is 0 Å². The van der Waals surface area contributed by atoms with E-state index in [1.54, 1.807) is 6.92 Å². The van der Waals surface area contributed by atoms with Gasteiger partial charge in [-0.1, -0.05) is 48.5 Å². The lowest BCUT2D eigenvalue weighted by Crippen LogP contribution is -2.17. The summed E-state index contributed by atoms with van der Waals surface area (Å²) in [6.45, 7) is 2.58. The van der Waals surface area contributed by atoms with Gasteiger partial charge in [0.15, 0.2) is 0 Å². The van der Waals surface area contributed by atoms with Gasteiger partial charge in [0, 0.05) is 0 Å². The van der Waals surface area contributed by atoms with Crippen molar-refractivity contribution in [2.75, 3.05) is 13.2 Å². The Bertz CT molecular complexity index is 761. The molecule has 0 radical (unpaired) electrons. The molecule has 4 heteroatoms. The number of carbonyl (C=O) groups is 1. The smallest absolute Gasteiger partial charge is 0.234 e. The molecule has 2 aromatic rings. The highest BCUT2D eigenvalue weighted by Crippen LogP contribution is 2.26. The summed E-state index contributed by atoms with van der Waals surface area (Å²) in [4.78, 5) is 12.9. The summed E-state index contributed by atoms with van der Waals surface area (Å²) in [7, 11) is 0. The molecule has 3 rings (SSSR count). The van der Waals surface area contributed by atoms with Gasteiger partial charge in [0.05, 0.1) is 5.57 Å². The summed E-state index contributed by atoms with van der Waals surface area (Å²) in [5.74, 6) is 1.11. The van der Waals surface area contributed by atoms with Gasteiger partial charge < -0.3 is 14.2 Å². The van der Waals surface area contributed by atoms with Crippen LogP contribution in [-0.4, -0.2) is 19.0 Å². The Morgan fingerprint density at radius 3 is 2.25 bits per heavy atom. The Morgan fingerprint density at radius 1 is 0.958 bits per heavy atom. The van der Waals surface area contributed by atoms with E-state index in [1.807, 2.05) is 60.7 Å². The molecule has 0 atom stereocenters. The number of ether oxygens (including phenoxy) is 3. The van der Waals surface area contributed by atoms with Gasteiger partial charge in [-0.3, -0.25) is 4.79 Å². The number of carbonyl (C=O) groups excluding carboxylic acids is 1. The van der Waals surface area contributed by atoms with Crippen molar-refractivity contribution in [3.63, 3.8) is 0 Å². The van der Waals surface area contributed by atoms with Crippen LogP contribution in [-0.2, 0) is 14.3 Å². The molecule has 0 bridgehead atoms. The third-order valence-electron chi connectivity index (χ3n) is 3.53. The van der Waals surface area contributed by atoms with Crippen LogP contribution in [0.4, 0.5) is 0 Å². The molecule has 122 valence electrons. The zero-order chi connectivity index (χ0) is 16.8. The minimum absolute atomic E-state index is 0.191. The highest BCUT2D eigenvalue weighted by atomic mass is 16.6. The van der Waals surface area contributed by atoms with E-state index < -0.39 is 0 Å². The normalized spacial score (nSPS) is 14.6. The Morgan fingerprint density at radius 2 is 1.62 bits per heavy atom. The molecule has 0 aliphatic carbocycles. The predicted molar refractivity (Wildman–Crippen MR) is 91.1 cm³/mol. The molecular weight excluding hydrogens is 304 g/mol. The van der Waals surface area contributed by atoms with Crippen LogP contribution in [0, 0.1) is 0 Å². The second-order valence-electron chi connectivity index (χ2n) is 5.24. The third kappa shape index (κ3) is 3.66. The average Bonchev–Trinajstić information content (AvgIpc) is 2.64. The van der Waals surface area contributed by atoms with Gasteiger partial charge in [-0.05, 0) is 24.6 Å². The molecule has 1 aliphatic rings. The fourth-order valence-corrected chi connectivity index (χ4v) is 2.43. The minimum Gasteiger partial charge on any atom is -0.494 e. The molecule has 4 nitrogen and oxygen atoms in total. The van der Waals surface area contributed by atoms with Crippen LogP contribution < -0.4 is 4.74 Å². The number of benzene rings is 2. The van der Waals surface area contributed by atoms with Crippen molar-refractivity contribution < 1.29 is 19.0 Å². The van der Waals surface area contributed by atoms with Gasteiger partial charge >= 0.3 is 0 Å². The summed E-state index contributed by atoms with van der Waals surface area (Å²) in [5.41, 5.74) is 1.22. The van der Waals surface area contributed by atoms with Crippen LogP contribution in [0.3, 0.4) is 0 Å². The predicted octanol–water partition coefficient (Wildman–Crippen LogP) is 3.95. The summed E-state index contributed by atoms with van der Waals surface area (Å²) in [6.07, 6.45) is 1.37. The van der Waals surface area contributed by atoms with Crippen LogP contribution in [0.15, 0.2) is 78.4 Å². The Labute approximate surface area is 141 Å².